The maximum atomic E-state index is 12.3. The van der Waals surface area contributed by atoms with E-state index in [1.54, 1.807) is 40.3 Å². The molecular formula is C18H23N3O4S. The number of hydrogen-bond donors (Lipinski definition) is 2. The van der Waals surface area contributed by atoms with Crippen molar-refractivity contribution in [2.75, 3.05) is 13.4 Å². The molecule has 1 aromatic carbocycles. The maximum Gasteiger partial charge on any atom is 0.436 e. The molecule has 0 bridgehead atoms. The summed E-state index contributed by atoms with van der Waals surface area (Å²) in [7, 11) is 1.60. The molecule has 0 saturated carbocycles. The molecule has 26 heavy (non-hydrogen) atoms. The summed E-state index contributed by atoms with van der Waals surface area (Å²) in [5, 5.41) is 3.75. The zero-order chi connectivity index (χ0) is 19.3. The molecule has 1 aromatic heterocycles. The van der Waals surface area contributed by atoms with E-state index >= 15 is 0 Å². The Balaban J connectivity index is 2.08. The van der Waals surface area contributed by atoms with Crippen LogP contribution in [-0.4, -0.2) is 41.1 Å². The Morgan fingerprint density at radius 1 is 1.31 bits per heavy atom. The summed E-state index contributed by atoms with van der Waals surface area (Å²) < 4.78 is 10.4. The van der Waals surface area contributed by atoms with Crippen LogP contribution >= 0.6 is 11.8 Å². The van der Waals surface area contributed by atoms with E-state index in [0.29, 0.717) is 0 Å². The monoisotopic (exact) mass is 377 g/mol. The van der Waals surface area contributed by atoms with Crippen LogP contribution in [0, 0.1) is 0 Å². The highest BCUT2D eigenvalue weighted by atomic mass is 32.2. The first-order valence-electron chi connectivity index (χ1n) is 8.01. The number of thioether (sulfide) groups is 1. The molecule has 2 N–H and O–H groups in total. The first kappa shape index (κ1) is 19.8. The van der Waals surface area contributed by atoms with Crippen LogP contribution in [0.25, 0.3) is 10.9 Å². The second-order valence-electron chi connectivity index (χ2n) is 6.55. The summed E-state index contributed by atoms with van der Waals surface area (Å²) in [5.41, 5.74) is 1.10. The average molecular weight is 377 g/mol. The molecule has 140 valence electrons. The normalized spacial score (nSPS) is 12.1. The van der Waals surface area contributed by atoms with Crippen LogP contribution in [0.1, 0.15) is 26.3 Å². The highest BCUT2D eigenvalue weighted by molar-refractivity contribution is 8.13. The molecular weight excluding hydrogens is 354 g/mol. The van der Waals surface area contributed by atoms with Crippen molar-refractivity contribution >= 4 is 39.8 Å². The number of rotatable bonds is 3. The van der Waals surface area contributed by atoms with Gasteiger partial charge in [0.05, 0.1) is 13.5 Å². The topological polar surface area (TPSA) is 92.8 Å². The maximum absolute atomic E-state index is 12.3. The van der Waals surface area contributed by atoms with Crippen LogP contribution in [0.4, 0.5) is 4.79 Å². The minimum absolute atomic E-state index is 0.140. The summed E-state index contributed by atoms with van der Waals surface area (Å²) in [5.74, 6) is 0.445. The number of amidine groups is 1. The zero-order valence-corrected chi connectivity index (χ0v) is 16.3. The molecule has 0 unspecified atom stereocenters. The molecule has 0 saturated heterocycles. The molecule has 7 nitrogen and oxygen atoms in total. The summed E-state index contributed by atoms with van der Waals surface area (Å²) in [6.45, 7) is 5.26. The Morgan fingerprint density at radius 3 is 2.65 bits per heavy atom. The number of amides is 2. The Morgan fingerprint density at radius 2 is 2.04 bits per heavy atom. The van der Waals surface area contributed by atoms with Crippen LogP contribution in [0.2, 0.25) is 0 Å². The fourth-order valence-electron chi connectivity index (χ4n) is 2.26. The number of ether oxygens (including phenoxy) is 2. The third kappa shape index (κ3) is 5.52. The van der Waals surface area contributed by atoms with E-state index in [-0.39, 0.29) is 17.5 Å². The van der Waals surface area contributed by atoms with E-state index in [4.69, 9.17) is 9.47 Å². The van der Waals surface area contributed by atoms with Crippen LogP contribution in [0.5, 0.6) is 5.75 Å². The first-order valence-corrected chi connectivity index (χ1v) is 9.24. The minimum atomic E-state index is -0.737. The smallest absolute Gasteiger partial charge is 0.436 e. The first-order chi connectivity index (χ1) is 12.2. The van der Waals surface area contributed by atoms with E-state index in [9.17, 15) is 9.59 Å². The van der Waals surface area contributed by atoms with Gasteiger partial charge in [0.1, 0.15) is 11.4 Å². The SMILES string of the molecule is COc1ccc2[nH]cc(CC(=O)NC(=NC(=O)OC(C)(C)C)SC)c2c1. The van der Waals surface area contributed by atoms with Gasteiger partial charge in [-0.2, -0.15) is 4.99 Å². The third-order valence-corrected chi connectivity index (χ3v) is 3.93. The summed E-state index contributed by atoms with van der Waals surface area (Å²) in [6.07, 6.45) is 2.91. The number of methoxy groups -OCH3 is 1. The molecule has 0 aliphatic carbocycles. The van der Waals surface area contributed by atoms with E-state index < -0.39 is 11.7 Å². The van der Waals surface area contributed by atoms with Gasteiger partial charge in [-0.1, -0.05) is 11.8 Å². The van der Waals surface area contributed by atoms with Gasteiger partial charge in [-0.05, 0) is 50.8 Å². The Bertz CT molecular complexity index is 837. The molecule has 0 radical (unpaired) electrons. The predicted molar refractivity (Wildman–Crippen MR) is 104 cm³/mol. The molecule has 8 heteroatoms. The zero-order valence-electron chi connectivity index (χ0n) is 15.5. The summed E-state index contributed by atoms with van der Waals surface area (Å²) in [6, 6.07) is 5.62. The lowest BCUT2D eigenvalue weighted by atomic mass is 10.1. The highest BCUT2D eigenvalue weighted by Gasteiger charge is 2.17. The second kappa shape index (κ2) is 8.27. The van der Waals surface area contributed by atoms with Gasteiger partial charge in [0, 0.05) is 17.1 Å². The van der Waals surface area contributed by atoms with Crippen molar-refractivity contribution in [3.05, 3.63) is 30.0 Å². The standard InChI is InChI=1S/C18H23N3O4S/c1-18(2,3)25-17(23)21-16(26-5)20-15(22)8-11-10-19-14-7-6-12(24-4)9-13(11)14/h6-7,9-10,19H,8H2,1-5H3,(H,20,21,22,23). The Labute approximate surface area is 156 Å². The predicted octanol–water partition coefficient (Wildman–Crippen LogP) is 3.49. The van der Waals surface area contributed by atoms with Crippen LogP contribution in [0.15, 0.2) is 29.4 Å². The van der Waals surface area contributed by atoms with Crippen LogP contribution in [0.3, 0.4) is 0 Å². The highest BCUT2D eigenvalue weighted by Crippen LogP contribution is 2.24. The number of aromatic amines is 1. The molecule has 0 aliphatic rings. The number of nitrogens with one attached hydrogen (secondary N) is 2. The third-order valence-electron chi connectivity index (χ3n) is 3.35. The molecule has 2 amide bonds. The van der Waals surface area contributed by atoms with Crippen molar-refractivity contribution < 1.29 is 19.1 Å². The van der Waals surface area contributed by atoms with Gasteiger partial charge in [-0.25, -0.2) is 4.79 Å². The molecule has 2 rings (SSSR count). The number of H-pyrrole nitrogens is 1. The second-order valence-corrected chi connectivity index (χ2v) is 7.35. The lowest BCUT2D eigenvalue weighted by Crippen LogP contribution is -2.31. The molecule has 0 atom stereocenters. The van der Waals surface area contributed by atoms with Crippen molar-refractivity contribution in [1.82, 2.24) is 10.3 Å². The van der Waals surface area contributed by atoms with Gasteiger partial charge in [0.2, 0.25) is 5.91 Å². The average Bonchev–Trinajstić information content (AvgIpc) is 2.94. The van der Waals surface area contributed by atoms with Crippen molar-refractivity contribution in [3.63, 3.8) is 0 Å². The number of aliphatic imine (C=N–C) groups is 1. The quantitative estimate of drug-likeness (QED) is 0.631. The number of nitrogens with zero attached hydrogens (tertiary/aromatic N) is 1. The summed E-state index contributed by atoms with van der Waals surface area (Å²) in [4.78, 5) is 31.0. The lowest BCUT2D eigenvalue weighted by Gasteiger charge is -2.17. The van der Waals surface area contributed by atoms with Crippen molar-refractivity contribution in [3.8, 4) is 5.75 Å². The number of hydrogen-bond acceptors (Lipinski definition) is 5. The molecule has 2 aromatic rings. The number of benzene rings is 1. The van der Waals surface area contributed by atoms with Gasteiger partial charge in [0.15, 0.2) is 5.17 Å². The Hall–Kier alpha value is -2.48. The molecule has 0 aliphatic heterocycles. The molecule has 0 fully saturated rings. The molecule has 1 heterocycles. The van der Waals surface area contributed by atoms with Crippen molar-refractivity contribution in [2.24, 2.45) is 4.99 Å². The van der Waals surface area contributed by atoms with Gasteiger partial charge in [-0.3, -0.25) is 4.79 Å². The van der Waals surface area contributed by atoms with E-state index in [1.165, 1.54) is 0 Å². The van der Waals surface area contributed by atoms with Crippen molar-refractivity contribution in [2.45, 2.75) is 32.8 Å². The van der Waals surface area contributed by atoms with Gasteiger partial charge in [0.25, 0.3) is 0 Å². The van der Waals surface area contributed by atoms with Crippen molar-refractivity contribution in [1.29, 1.82) is 0 Å². The van der Waals surface area contributed by atoms with E-state index in [2.05, 4.69) is 15.3 Å². The number of fused-ring (bicyclic) bond motifs is 1. The fourth-order valence-corrected chi connectivity index (χ4v) is 2.64. The fraction of sp³-hybridized carbons (Fsp3) is 0.389. The number of carbonyl (C=O) groups is 2. The number of aromatic nitrogens is 1. The lowest BCUT2D eigenvalue weighted by molar-refractivity contribution is -0.118. The van der Waals surface area contributed by atoms with Gasteiger partial charge < -0.3 is 19.8 Å². The van der Waals surface area contributed by atoms with E-state index in [1.807, 2.05) is 18.2 Å². The Kier molecular flexibility index (Phi) is 6.31. The number of carbonyl (C=O) groups excluding carboxylic acids is 2. The van der Waals surface area contributed by atoms with Crippen LogP contribution < -0.4 is 10.1 Å². The van der Waals surface area contributed by atoms with Gasteiger partial charge in [-0.15, -0.1) is 0 Å². The largest absolute Gasteiger partial charge is 0.497 e. The minimum Gasteiger partial charge on any atom is -0.497 e. The van der Waals surface area contributed by atoms with Gasteiger partial charge >= 0.3 is 6.09 Å². The molecule has 0 spiro atoms. The van der Waals surface area contributed by atoms with Crippen LogP contribution in [-0.2, 0) is 16.0 Å². The summed E-state index contributed by atoms with van der Waals surface area (Å²) >= 11 is 1.16. The van der Waals surface area contributed by atoms with E-state index in [0.717, 1.165) is 34.0 Å².